The van der Waals surface area contributed by atoms with Gasteiger partial charge in [-0.2, -0.15) is 0 Å². The van der Waals surface area contributed by atoms with Gasteiger partial charge in [0.25, 0.3) is 0 Å². The molecule has 1 atom stereocenters. The maximum atomic E-state index is 10.8. The maximum absolute atomic E-state index is 10.8. The van der Waals surface area contributed by atoms with E-state index in [1.165, 1.54) is 56.2 Å². The van der Waals surface area contributed by atoms with E-state index in [1.807, 2.05) is 0 Å². The van der Waals surface area contributed by atoms with Crippen molar-refractivity contribution < 1.29 is 9.53 Å². The summed E-state index contributed by atoms with van der Waals surface area (Å²) in [6.07, 6.45) is 10.5. The number of nitrogens with two attached hydrogens (primary N) is 1. The summed E-state index contributed by atoms with van der Waals surface area (Å²) in [5, 5.41) is 3.63. The van der Waals surface area contributed by atoms with Gasteiger partial charge >= 0.3 is 6.09 Å². The molecule has 2 rings (SSSR count). The Morgan fingerprint density at radius 1 is 1.28 bits per heavy atom. The van der Waals surface area contributed by atoms with Crippen molar-refractivity contribution in [1.82, 2.24) is 0 Å². The summed E-state index contributed by atoms with van der Waals surface area (Å²) in [5.74, 6) is 1.23. The van der Waals surface area contributed by atoms with Crippen LogP contribution in [-0.4, -0.2) is 19.2 Å². The number of benzene rings is 1. The van der Waals surface area contributed by atoms with Crippen molar-refractivity contribution in [1.29, 1.82) is 0 Å². The Morgan fingerprint density at radius 2 is 2.08 bits per heavy atom. The van der Waals surface area contributed by atoms with E-state index >= 15 is 0 Å². The second-order valence-electron chi connectivity index (χ2n) is 7.31. The topological polar surface area (TPSA) is 64.3 Å². The van der Waals surface area contributed by atoms with E-state index in [0.717, 1.165) is 25.3 Å². The van der Waals surface area contributed by atoms with Crippen molar-refractivity contribution in [3.63, 3.8) is 0 Å². The van der Waals surface area contributed by atoms with Crippen molar-refractivity contribution >= 4 is 11.8 Å². The van der Waals surface area contributed by atoms with Gasteiger partial charge in [0.1, 0.15) is 0 Å². The summed E-state index contributed by atoms with van der Waals surface area (Å²) < 4.78 is 4.95. The van der Waals surface area contributed by atoms with Gasteiger partial charge in [0.05, 0.1) is 6.61 Å². The zero-order chi connectivity index (χ0) is 17.9. The molecule has 4 nitrogen and oxygen atoms in total. The van der Waals surface area contributed by atoms with Crippen LogP contribution in [0.25, 0.3) is 0 Å². The number of anilines is 1. The summed E-state index contributed by atoms with van der Waals surface area (Å²) >= 11 is 0. The largest absolute Gasteiger partial charge is 0.450 e. The van der Waals surface area contributed by atoms with Crippen LogP contribution < -0.4 is 11.1 Å². The van der Waals surface area contributed by atoms with Crippen LogP contribution in [0.1, 0.15) is 76.2 Å². The number of carbonyl (C=O) groups excluding carboxylic acids is 1. The number of rotatable bonds is 10. The van der Waals surface area contributed by atoms with Crippen molar-refractivity contribution in [3.05, 3.63) is 29.8 Å². The molecule has 1 saturated carbocycles. The van der Waals surface area contributed by atoms with E-state index in [0.29, 0.717) is 12.5 Å². The average Bonchev–Trinajstić information content (AvgIpc) is 2.63. The first-order chi connectivity index (χ1) is 12.2. The van der Waals surface area contributed by atoms with Crippen LogP contribution in [0.15, 0.2) is 24.3 Å². The smallest absolute Gasteiger partial charge is 0.404 e. The summed E-state index contributed by atoms with van der Waals surface area (Å²) in [4.78, 5) is 10.8. The fraction of sp³-hybridized carbons (Fsp3) is 0.667. The lowest BCUT2D eigenvalue weighted by molar-refractivity contribution is 0.152. The molecule has 4 heteroatoms. The summed E-state index contributed by atoms with van der Waals surface area (Å²) in [6.45, 7) is 3.68. The highest BCUT2D eigenvalue weighted by Crippen LogP contribution is 2.29. The molecule has 0 saturated heterocycles. The Morgan fingerprint density at radius 3 is 2.80 bits per heavy atom. The molecule has 0 aliphatic heterocycles. The Hall–Kier alpha value is -1.71. The predicted octanol–water partition coefficient (Wildman–Crippen LogP) is 5.44. The van der Waals surface area contributed by atoms with Crippen LogP contribution in [0.2, 0.25) is 0 Å². The minimum absolute atomic E-state index is 0.392. The van der Waals surface area contributed by atoms with E-state index in [-0.39, 0.29) is 0 Å². The standard InChI is InChI=1S/C21H34N2O2/c1-2-3-10-18(13-14-25-21(22)24)19-11-7-12-20(15-19)23-16-17-8-5-4-6-9-17/h7,11-12,15,17-18,23H,2-6,8-10,13-14,16H2,1H3,(H2,22,24). The molecule has 0 bridgehead atoms. The third-order valence-electron chi connectivity index (χ3n) is 5.29. The van der Waals surface area contributed by atoms with E-state index < -0.39 is 6.09 Å². The van der Waals surface area contributed by atoms with Gasteiger partial charge in [0.2, 0.25) is 0 Å². The molecular weight excluding hydrogens is 312 g/mol. The number of primary amides is 1. The minimum Gasteiger partial charge on any atom is -0.450 e. The molecule has 1 aromatic rings. The van der Waals surface area contributed by atoms with E-state index in [1.54, 1.807) is 0 Å². The van der Waals surface area contributed by atoms with Gasteiger partial charge in [0.15, 0.2) is 0 Å². The number of nitrogens with one attached hydrogen (secondary N) is 1. The highest BCUT2D eigenvalue weighted by molar-refractivity contribution is 5.64. The molecule has 25 heavy (non-hydrogen) atoms. The van der Waals surface area contributed by atoms with E-state index in [9.17, 15) is 4.79 Å². The van der Waals surface area contributed by atoms with Gasteiger partial charge in [-0.15, -0.1) is 0 Å². The Kier molecular flexibility index (Phi) is 8.64. The molecule has 0 spiro atoms. The highest BCUT2D eigenvalue weighted by Gasteiger charge is 2.15. The number of amides is 1. The summed E-state index contributed by atoms with van der Waals surface area (Å²) in [6, 6.07) is 8.75. The van der Waals surface area contributed by atoms with Gasteiger partial charge < -0.3 is 15.8 Å². The summed E-state index contributed by atoms with van der Waals surface area (Å²) in [7, 11) is 0. The third-order valence-corrected chi connectivity index (χ3v) is 5.29. The molecule has 1 aliphatic rings. The number of ether oxygens (including phenoxy) is 1. The Labute approximate surface area is 152 Å². The second kappa shape index (κ2) is 11.0. The maximum Gasteiger partial charge on any atom is 0.404 e. The molecule has 1 fully saturated rings. The van der Waals surface area contributed by atoms with Crippen LogP contribution >= 0.6 is 0 Å². The highest BCUT2D eigenvalue weighted by atomic mass is 16.5. The van der Waals surface area contributed by atoms with Gasteiger partial charge in [-0.25, -0.2) is 4.79 Å². The molecule has 1 aliphatic carbocycles. The quantitative estimate of drug-likeness (QED) is 0.593. The average molecular weight is 347 g/mol. The molecule has 3 N–H and O–H groups in total. The van der Waals surface area contributed by atoms with Crippen molar-refractivity contribution in [2.75, 3.05) is 18.5 Å². The summed E-state index contributed by atoms with van der Waals surface area (Å²) in [5.41, 5.74) is 7.62. The number of carbonyl (C=O) groups is 1. The van der Waals surface area contributed by atoms with Crippen molar-refractivity contribution in [2.45, 2.75) is 70.6 Å². The molecule has 140 valence electrons. The van der Waals surface area contributed by atoms with Crippen LogP contribution in [-0.2, 0) is 4.74 Å². The van der Waals surface area contributed by atoms with E-state index in [2.05, 4.69) is 36.5 Å². The number of hydrogen-bond donors (Lipinski definition) is 2. The zero-order valence-corrected chi connectivity index (χ0v) is 15.6. The first kappa shape index (κ1) is 19.6. The number of unbranched alkanes of at least 4 members (excludes halogenated alkanes) is 1. The predicted molar refractivity (Wildman–Crippen MR) is 104 cm³/mol. The van der Waals surface area contributed by atoms with Crippen molar-refractivity contribution in [2.24, 2.45) is 11.7 Å². The van der Waals surface area contributed by atoms with Gasteiger partial charge in [0, 0.05) is 12.2 Å². The van der Waals surface area contributed by atoms with Crippen molar-refractivity contribution in [3.8, 4) is 0 Å². The second-order valence-corrected chi connectivity index (χ2v) is 7.31. The fourth-order valence-electron chi connectivity index (χ4n) is 3.79. The van der Waals surface area contributed by atoms with Gasteiger partial charge in [-0.05, 0) is 55.2 Å². The molecule has 0 radical (unpaired) electrons. The first-order valence-electron chi connectivity index (χ1n) is 9.95. The third kappa shape index (κ3) is 7.37. The molecule has 0 aromatic heterocycles. The molecule has 1 aromatic carbocycles. The van der Waals surface area contributed by atoms with Gasteiger partial charge in [-0.1, -0.05) is 51.2 Å². The molecular formula is C21H34N2O2. The fourth-order valence-corrected chi connectivity index (χ4v) is 3.79. The Balaban J connectivity index is 1.92. The Bertz CT molecular complexity index is 512. The number of hydrogen-bond acceptors (Lipinski definition) is 3. The lowest BCUT2D eigenvalue weighted by Gasteiger charge is -2.23. The van der Waals surface area contributed by atoms with Crippen LogP contribution in [0.5, 0.6) is 0 Å². The lowest BCUT2D eigenvalue weighted by Crippen LogP contribution is -2.17. The normalized spacial score (nSPS) is 16.4. The molecule has 1 unspecified atom stereocenters. The minimum atomic E-state index is -0.683. The van der Waals surface area contributed by atoms with Crippen LogP contribution in [0, 0.1) is 5.92 Å². The van der Waals surface area contributed by atoms with Gasteiger partial charge in [-0.3, -0.25) is 0 Å². The molecule has 1 amide bonds. The SMILES string of the molecule is CCCCC(CCOC(N)=O)c1cccc(NCC2CCCCC2)c1. The van der Waals surface area contributed by atoms with E-state index in [4.69, 9.17) is 10.5 Å². The monoisotopic (exact) mass is 346 g/mol. The van der Waals surface area contributed by atoms with Crippen LogP contribution in [0.3, 0.4) is 0 Å². The molecule has 0 heterocycles. The first-order valence-corrected chi connectivity index (χ1v) is 9.95. The lowest BCUT2D eigenvalue weighted by atomic mass is 9.89. The van der Waals surface area contributed by atoms with Crippen LogP contribution in [0.4, 0.5) is 10.5 Å². The zero-order valence-electron chi connectivity index (χ0n) is 15.6.